The molecule has 1 atom stereocenters. The quantitative estimate of drug-likeness (QED) is 0.577. The van der Waals surface area contributed by atoms with Crippen LogP contribution in [0.1, 0.15) is 17.3 Å². The zero-order chi connectivity index (χ0) is 13.9. The maximum Gasteiger partial charge on any atom is 0.364 e. The molecule has 8 nitrogen and oxygen atoms in total. The molecular formula is C10H14N4O4. The van der Waals surface area contributed by atoms with E-state index >= 15 is 0 Å². The van der Waals surface area contributed by atoms with Gasteiger partial charge in [0.25, 0.3) is 5.91 Å². The molecule has 0 aromatic carbocycles. The number of hydrogen-bond donors (Lipinski definition) is 2. The molecule has 0 bridgehead atoms. The zero-order valence-corrected chi connectivity index (χ0v) is 10.0. The minimum Gasteiger partial charge on any atom is -0.395 e. The summed E-state index contributed by atoms with van der Waals surface area (Å²) >= 11 is 0. The molecule has 0 spiro atoms. The molecule has 1 amide bonds. The summed E-state index contributed by atoms with van der Waals surface area (Å²) in [5.74, 6) is -0.947. The predicted molar refractivity (Wildman–Crippen MR) is 63.9 cm³/mol. The van der Waals surface area contributed by atoms with Crippen LogP contribution in [0.5, 0.6) is 0 Å². The van der Waals surface area contributed by atoms with Gasteiger partial charge in [-0.25, -0.2) is 0 Å². The van der Waals surface area contributed by atoms with Gasteiger partial charge < -0.3 is 25.9 Å². The van der Waals surface area contributed by atoms with Crippen LogP contribution in [0.2, 0.25) is 0 Å². The van der Waals surface area contributed by atoms with E-state index in [4.69, 9.17) is 10.8 Å². The van der Waals surface area contributed by atoms with Crippen LogP contribution in [-0.4, -0.2) is 45.5 Å². The Bertz CT molecular complexity index is 477. The number of nitrogens with zero attached hydrogens (tertiary/aromatic N) is 3. The van der Waals surface area contributed by atoms with Crippen LogP contribution in [0.4, 0.5) is 11.5 Å². The second-order valence-corrected chi connectivity index (χ2v) is 3.83. The smallest absolute Gasteiger partial charge is 0.364 e. The summed E-state index contributed by atoms with van der Waals surface area (Å²) < 4.78 is 0. The van der Waals surface area contributed by atoms with Gasteiger partial charge in [0.2, 0.25) is 0 Å². The predicted octanol–water partition coefficient (Wildman–Crippen LogP) is 0.0248. The first kappa shape index (κ1) is 13.8. The Labute approximate surface area is 103 Å². The molecule has 1 rings (SSSR count). The summed E-state index contributed by atoms with van der Waals surface area (Å²) in [5.41, 5.74) is 5.63. The summed E-state index contributed by atoms with van der Waals surface area (Å²) in [5, 5.41) is 19.6. The van der Waals surface area contributed by atoms with Crippen molar-refractivity contribution in [2.24, 2.45) is 0 Å². The summed E-state index contributed by atoms with van der Waals surface area (Å²) in [6.45, 7) is 1.43. The molecular weight excluding hydrogens is 240 g/mol. The summed E-state index contributed by atoms with van der Waals surface area (Å²) in [6, 6.07) is 0.613. The van der Waals surface area contributed by atoms with E-state index < -0.39 is 22.7 Å². The minimum atomic E-state index is -0.703. The molecule has 1 aromatic rings. The molecule has 0 aliphatic heterocycles. The van der Waals surface area contributed by atoms with Crippen LogP contribution >= 0.6 is 0 Å². The Hall–Kier alpha value is -2.22. The Morgan fingerprint density at radius 1 is 1.72 bits per heavy atom. The third-order valence-electron chi connectivity index (χ3n) is 2.58. The molecule has 0 saturated carbocycles. The second-order valence-electron chi connectivity index (χ2n) is 3.83. The lowest BCUT2D eigenvalue weighted by Gasteiger charge is -2.23. The number of amides is 1. The number of pyridine rings is 1. The Kier molecular flexibility index (Phi) is 4.16. The van der Waals surface area contributed by atoms with Crippen molar-refractivity contribution in [3.63, 3.8) is 0 Å². The summed E-state index contributed by atoms with van der Waals surface area (Å²) in [7, 11) is 1.48. The SMILES string of the molecule is CC(CO)N(C)C(=O)c1cc([N+](=O)[O-])ncc1N. The first-order valence-electron chi connectivity index (χ1n) is 5.16. The molecule has 3 N–H and O–H groups in total. The largest absolute Gasteiger partial charge is 0.395 e. The number of anilines is 1. The average molecular weight is 254 g/mol. The van der Waals surface area contributed by atoms with Crippen LogP contribution in [-0.2, 0) is 0 Å². The lowest BCUT2D eigenvalue weighted by atomic mass is 10.1. The van der Waals surface area contributed by atoms with Gasteiger partial charge in [-0.2, -0.15) is 0 Å². The van der Waals surface area contributed by atoms with Gasteiger partial charge in [-0.05, 0) is 16.8 Å². The maximum atomic E-state index is 12.0. The zero-order valence-electron chi connectivity index (χ0n) is 10.0. The van der Waals surface area contributed by atoms with Gasteiger partial charge in [0.1, 0.15) is 0 Å². The van der Waals surface area contributed by atoms with Crippen LogP contribution in [0.3, 0.4) is 0 Å². The monoisotopic (exact) mass is 254 g/mol. The number of nitro groups is 1. The topological polar surface area (TPSA) is 123 Å². The van der Waals surface area contributed by atoms with E-state index in [9.17, 15) is 14.9 Å². The number of carbonyl (C=O) groups is 1. The average Bonchev–Trinajstić information content (AvgIpc) is 2.36. The van der Waals surface area contributed by atoms with E-state index in [1.165, 1.54) is 11.9 Å². The third-order valence-corrected chi connectivity index (χ3v) is 2.58. The number of aliphatic hydroxyl groups is 1. The highest BCUT2D eigenvalue weighted by molar-refractivity contribution is 5.99. The molecule has 1 aromatic heterocycles. The van der Waals surface area contributed by atoms with Gasteiger partial charge in [0.05, 0.1) is 30.0 Å². The van der Waals surface area contributed by atoms with Crippen molar-refractivity contribution in [2.45, 2.75) is 13.0 Å². The maximum absolute atomic E-state index is 12.0. The molecule has 0 aliphatic carbocycles. The van der Waals surface area contributed by atoms with Crippen molar-refractivity contribution in [3.8, 4) is 0 Å². The Morgan fingerprint density at radius 3 is 2.83 bits per heavy atom. The fraction of sp³-hybridized carbons (Fsp3) is 0.400. The molecule has 1 unspecified atom stereocenters. The number of likely N-dealkylation sites (N-methyl/N-ethyl adjacent to an activating group) is 1. The van der Waals surface area contributed by atoms with Gasteiger partial charge in [0.15, 0.2) is 6.20 Å². The molecule has 8 heteroatoms. The lowest BCUT2D eigenvalue weighted by molar-refractivity contribution is -0.389. The van der Waals surface area contributed by atoms with E-state index in [1.54, 1.807) is 6.92 Å². The van der Waals surface area contributed by atoms with Crippen molar-refractivity contribution >= 4 is 17.4 Å². The Morgan fingerprint density at radius 2 is 2.33 bits per heavy atom. The van der Waals surface area contributed by atoms with Gasteiger partial charge in [-0.15, -0.1) is 0 Å². The molecule has 1 heterocycles. The van der Waals surface area contributed by atoms with Gasteiger partial charge in [-0.1, -0.05) is 0 Å². The molecule has 18 heavy (non-hydrogen) atoms. The van der Waals surface area contributed by atoms with Gasteiger partial charge in [0, 0.05) is 7.05 Å². The van der Waals surface area contributed by atoms with E-state index in [-0.39, 0.29) is 17.9 Å². The van der Waals surface area contributed by atoms with Crippen molar-refractivity contribution in [3.05, 3.63) is 27.9 Å². The van der Waals surface area contributed by atoms with Crippen molar-refractivity contribution < 1.29 is 14.8 Å². The lowest BCUT2D eigenvalue weighted by Crippen LogP contribution is -2.37. The van der Waals surface area contributed by atoms with Crippen LogP contribution < -0.4 is 5.73 Å². The number of hydrogen-bond acceptors (Lipinski definition) is 6. The number of rotatable bonds is 4. The fourth-order valence-corrected chi connectivity index (χ4v) is 1.25. The molecule has 0 aliphatic rings. The third kappa shape index (κ3) is 2.72. The minimum absolute atomic E-state index is 0.000463. The van der Waals surface area contributed by atoms with E-state index in [2.05, 4.69) is 4.98 Å². The Balaban J connectivity index is 3.12. The number of aliphatic hydroxyl groups excluding tert-OH is 1. The molecule has 98 valence electrons. The van der Waals surface area contributed by atoms with Crippen LogP contribution in [0, 0.1) is 10.1 Å². The van der Waals surface area contributed by atoms with Crippen molar-refractivity contribution in [2.75, 3.05) is 19.4 Å². The molecule has 0 radical (unpaired) electrons. The van der Waals surface area contributed by atoms with Crippen molar-refractivity contribution in [1.29, 1.82) is 0 Å². The first-order chi connectivity index (χ1) is 8.38. The molecule has 0 fully saturated rings. The normalized spacial score (nSPS) is 11.9. The molecule has 0 saturated heterocycles. The number of carbonyl (C=O) groups excluding carboxylic acids is 1. The first-order valence-corrected chi connectivity index (χ1v) is 5.16. The standard InChI is InChI=1S/C10H14N4O4/c1-6(5-15)13(2)10(16)7-3-9(14(17)18)12-4-8(7)11/h3-4,6,15H,5,11H2,1-2H3. The summed E-state index contributed by atoms with van der Waals surface area (Å²) in [6.07, 6.45) is 1.07. The highest BCUT2D eigenvalue weighted by Gasteiger charge is 2.22. The second kappa shape index (κ2) is 5.41. The summed E-state index contributed by atoms with van der Waals surface area (Å²) in [4.78, 5) is 26.7. The van der Waals surface area contributed by atoms with Crippen LogP contribution in [0.15, 0.2) is 12.3 Å². The number of aromatic nitrogens is 1. The number of nitrogens with two attached hydrogens (primary N) is 1. The van der Waals surface area contributed by atoms with Crippen molar-refractivity contribution in [1.82, 2.24) is 9.88 Å². The highest BCUT2D eigenvalue weighted by atomic mass is 16.6. The van der Waals surface area contributed by atoms with E-state index in [1.807, 2.05) is 0 Å². The highest BCUT2D eigenvalue weighted by Crippen LogP contribution is 2.18. The van der Waals surface area contributed by atoms with Gasteiger partial charge in [-0.3, -0.25) is 4.79 Å². The van der Waals surface area contributed by atoms with Crippen LogP contribution in [0.25, 0.3) is 0 Å². The van der Waals surface area contributed by atoms with Gasteiger partial charge >= 0.3 is 5.82 Å². The number of nitrogen functional groups attached to an aromatic ring is 1. The fourth-order valence-electron chi connectivity index (χ4n) is 1.25. The van der Waals surface area contributed by atoms with E-state index in [0.717, 1.165) is 12.3 Å². The van der Waals surface area contributed by atoms with E-state index in [0.29, 0.717) is 0 Å².